The molecule has 1 saturated carbocycles. The molecule has 5 nitrogen and oxygen atoms in total. The summed E-state index contributed by atoms with van der Waals surface area (Å²) in [5, 5.41) is 3.38. The predicted octanol–water partition coefficient (Wildman–Crippen LogP) is 1.25. The Morgan fingerprint density at radius 2 is 1.81 bits per heavy atom. The second-order valence-electron chi connectivity index (χ2n) is 6.78. The first-order valence-corrected chi connectivity index (χ1v) is 8.60. The molecule has 1 aliphatic heterocycles. The molecule has 2 rings (SSSR count). The van der Waals surface area contributed by atoms with Crippen LogP contribution < -0.4 is 11.1 Å². The molecule has 0 aromatic heterocycles. The van der Waals surface area contributed by atoms with E-state index in [1.807, 2.05) is 0 Å². The van der Waals surface area contributed by atoms with Crippen LogP contribution >= 0.6 is 0 Å². The number of nitrogens with two attached hydrogens (primary N) is 1. The standard InChI is InChI=1S/C16H33N5/c1-20(2)15-8-11-21(12-9-15)13-10-18-16(17)19-14-6-4-3-5-7-14/h14-15H,3-13H2,1-2H3,(H3,17,18,19). The Morgan fingerprint density at radius 3 is 2.43 bits per heavy atom. The summed E-state index contributed by atoms with van der Waals surface area (Å²) < 4.78 is 0. The van der Waals surface area contributed by atoms with E-state index in [-0.39, 0.29) is 0 Å². The zero-order valence-electron chi connectivity index (χ0n) is 13.9. The summed E-state index contributed by atoms with van der Waals surface area (Å²) in [6, 6.07) is 1.31. The lowest BCUT2D eigenvalue weighted by Gasteiger charge is -2.34. The molecule has 21 heavy (non-hydrogen) atoms. The summed E-state index contributed by atoms with van der Waals surface area (Å²) in [5.41, 5.74) is 6.00. The molecule has 0 aromatic carbocycles. The van der Waals surface area contributed by atoms with E-state index in [4.69, 9.17) is 5.73 Å². The van der Waals surface area contributed by atoms with Crippen LogP contribution in [0.1, 0.15) is 44.9 Å². The Morgan fingerprint density at radius 1 is 1.14 bits per heavy atom. The highest BCUT2D eigenvalue weighted by atomic mass is 15.2. The van der Waals surface area contributed by atoms with Crippen molar-refractivity contribution in [2.24, 2.45) is 10.7 Å². The van der Waals surface area contributed by atoms with Crippen molar-refractivity contribution in [2.45, 2.75) is 57.0 Å². The molecule has 5 heteroatoms. The molecule has 3 N–H and O–H groups in total. The highest BCUT2D eigenvalue weighted by Gasteiger charge is 2.20. The van der Waals surface area contributed by atoms with Gasteiger partial charge in [0, 0.05) is 18.6 Å². The molecule has 122 valence electrons. The van der Waals surface area contributed by atoms with Gasteiger partial charge in [0.05, 0.1) is 6.54 Å². The maximum Gasteiger partial charge on any atom is 0.188 e. The van der Waals surface area contributed by atoms with Crippen LogP contribution in [0.15, 0.2) is 4.99 Å². The Bertz CT molecular complexity index is 315. The van der Waals surface area contributed by atoms with Crippen molar-refractivity contribution in [3.05, 3.63) is 0 Å². The monoisotopic (exact) mass is 295 g/mol. The highest BCUT2D eigenvalue weighted by Crippen LogP contribution is 2.17. The summed E-state index contributed by atoms with van der Waals surface area (Å²) in [6.07, 6.45) is 9.05. The van der Waals surface area contributed by atoms with Gasteiger partial charge in [-0.3, -0.25) is 4.99 Å². The first-order chi connectivity index (χ1) is 10.1. The Labute approximate surface area is 130 Å². The fraction of sp³-hybridized carbons (Fsp3) is 0.938. The summed E-state index contributed by atoms with van der Waals surface area (Å²) in [7, 11) is 4.37. The van der Waals surface area contributed by atoms with E-state index in [1.54, 1.807) is 0 Å². The van der Waals surface area contributed by atoms with Gasteiger partial charge in [0.1, 0.15) is 0 Å². The number of nitrogens with zero attached hydrogens (tertiary/aromatic N) is 3. The second kappa shape index (κ2) is 8.59. The number of piperidine rings is 1. The van der Waals surface area contributed by atoms with Crippen molar-refractivity contribution in [3.63, 3.8) is 0 Å². The van der Waals surface area contributed by atoms with E-state index in [1.165, 1.54) is 58.0 Å². The second-order valence-corrected chi connectivity index (χ2v) is 6.78. The maximum atomic E-state index is 6.00. The van der Waals surface area contributed by atoms with Gasteiger partial charge in [-0.25, -0.2) is 0 Å². The number of hydrogen-bond acceptors (Lipinski definition) is 3. The van der Waals surface area contributed by atoms with E-state index in [9.17, 15) is 0 Å². The van der Waals surface area contributed by atoms with Crippen molar-refractivity contribution in [2.75, 3.05) is 40.3 Å². The summed E-state index contributed by atoms with van der Waals surface area (Å²) in [4.78, 5) is 9.36. The minimum Gasteiger partial charge on any atom is -0.370 e. The number of guanidine groups is 1. The molecule has 1 heterocycles. The minimum absolute atomic E-state index is 0.554. The van der Waals surface area contributed by atoms with E-state index < -0.39 is 0 Å². The van der Waals surface area contributed by atoms with Crippen molar-refractivity contribution < 1.29 is 0 Å². The van der Waals surface area contributed by atoms with Gasteiger partial charge < -0.3 is 20.9 Å². The van der Waals surface area contributed by atoms with Crippen molar-refractivity contribution in [1.82, 2.24) is 15.1 Å². The summed E-state index contributed by atoms with van der Waals surface area (Å²) in [5.74, 6) is 0.644. The first kappa shape index (κ1) is 16.6. The van der Waals surface area contributed by atoms with Crippen LogP contribution in [0.4, 0.5) is 0 Å². The lowest BCUT2D eigenvalue weighted by Crippen LogP contribution is -2.43. The topological polar surface area (TPSA) is 56.9 Å². The average molecular weight is 295 g/mol. The van der Waals surface area contributed by atoms with Gasteiger partial charge in [-0.05, 0) is 52.9 Å². The van der Waals surface area contributed by atoms with Crippen molar-refractivity contribution in [3.8, 4) is 0 Å². The van der Waals surface area contributed by atoms with Gasteiger partial charge in [0.15, 0.2) is 5.96 Å². The zero-order chi connectivity index (χ0) is 15.1. The van der Waals surface area contributed by atoms with Crippen molar-refractivity contribution >= 4 is 5.96 Å². The van der Waals surface area contributed by atoms with Crippen LogP contribution in [0, 0.1) is 0 Å². The number of nitrogens with one attached hydrogen (secondary N) is 1. The van der Waals surface area contributed by atoms with Crippen LogP contribution in [0.25, 0.3) is 0 Å². The molecule has 0 spiro atoms. The van der Waals surface area contributed by atoms with E-state index >= 15 is 0 Å². The van der Waals surface area contributed by atoms with Crippen LogP contribution in [0.3, 0.4) is 0 Å². The van der Waals surface area contributed by atoms with E-state index in [0.717, 1.165) is 19.1 Å². The van der Waals surface area contributed by atoms with Crippen molar-refractivity contribution in [1.29, 1.82) is 0 Å². The molecule has 0 atom stereocenters. The normalized spacial score (nSPS) is 23.7. The molecule has 0 amide bonds. The van der Waals surface area contributed by atoms with Crippen LogP contribution in [-0.4, -0.2) is 68.1 Å². The SMILES string of the molecule is CN(C)C1CCN(CCN=C(N)NC2CCCCC2)CC1. The van der Waals surface area contributed by atoms with Crippen LogP contribution in [-0.2, 0) is 0 Å². The number of rotatable bonds is 5. The number of likely N-dealkylation sites (tertiary alicyclic amines) is 1. The molecule has 0 radical (unpaired) electrons. The van der Waals surface area contributed by atoms with Crippen LogP contribution in [0.2, 0.25) is 0 Å². The minimum atomic E-state index is 0.554. The molecule has 2 aliphatic rings. The molecular weight excluding hydrogens is 262 g/mol. The van der Waals surface area contributed by atoms with Gasteiger partial charge in [-0.1, -0.05) is 19.3 Å². The highest BCUT2D eigenvalue weighted by molar-refractivity contribution is 5.78. The Hall–Kier alpha value is -0.810. The lowest BCUT2D eigenvalue weighted by atomic mass is 9.96. The summed E-state index contributed by atoms with van der Waals surface area (Å²) in [6.45, 7) is 4.23. The maximum absolute atomic E-state index is 6.00. The van der Waals surface area contributed by atoms with E-state index in [2.05, 4.69) is 34.2 Å². The molecular formula is C16H33N5. The molecule has 1 aliphatic carbocycles. The average Bonchev–Trinajstić information content (AvgIpc) is 2.49. The Kier molecular flexibility index (Phi) is 6.77. The predicted molar refractivity (Wildman–Crippen MR) is 89.6 cm³/mol. The molecule has 0 aromatic rings. The number of hydrogen-bond donors (Lipinski definition) is 2. The van der Waals surface area contributed by atoms with E-state index in [0.29, 0.717) is 12.0 Å². The molecule has 2 fully saturated rings. The summed E-state index contributed by atoms with van der Waals surface area (Å²) >= 11 is 0. The molecule has 0 unspecified atom stereocenters. The van der Waals surface area contributed by atoms with Gasteiger partial charge in [0.2, 0.25) is 0 Å². The Balaban J connectivity index is 1.61. The first-order valence-electron chi connectivity index (χ1n) is 8.60. The third-order valence-corrected chi connectivity index (χ3v) is 4.94. The molecule has 1 saturated heterocycles. The third-order valence-electron chi connectivity index (χ3n) is 4.94. The fourth-order valence-corrected chi connectivity index (χ4v) is 3.47. The van der Waals surface area contributed by atoms with Gasteiger partial charge in [0.25, 0.3) is 0 Å². The zero-order valence-corrected chi connectivity index (χ0v) is 13.9. The van der Waals surface area contributed by atoms with Gasteiger partial charge >= 0.3 is 0 Å². The van der Waals surface area contributed by atoms with Gasteiger partial charge in [-0.15, -0.1) is 0 Å². The smallest absolute Gasteiger partial charge is 0.188 e. The largest absolute Gasteiger partial charge is 0.370 e. The molecule has 0 bridgehead atoms. The quantitative estimate of drug-likeness (QED) is 0.592. The lowest BCUT2D eigenvalue weighted by molar-refractivity contribution is 0.148. The third kappa shape index (κ3) is 5.83. The van der Waals surface area contributed by atoms with Gasteiger partial charge in [-0.2, -0.15) is 0 Å². The number of aliphatic imine (C=N–C) groups is 1. The van der Waals surface area contributed by atoms with Crippen LogP contribution in [0.5, 0.6) is 0 Å². The fourth-order valence-electron chi connectivity index (χ4n) is 3.47.